The zero-order valence-electron chi connectivity index (χ0n) is 16.0. The Labute approximate surface area is 164 Å². The fourth-order valence-electron chi connectivity index (χ4n) is 3.15. The van der Waals surface area contributed by atoms with Crippen molar-refractivity contribution in [3.63, 3.8) is 0 Å². The summed E-state index contributed by atoms with van der Waals surface area (Å²) < 4.78 is 5.13. The van der Waals surface area contributed by atoms with Crippen LogP contribution in [0.15, 0.2) is 48.5 Å². The maximum absolute atomic E-state index is 12.2. The Morgan fingerprint density at radius 2 is 1.86 bits per heavy atom. The SMILES string of the molecule is CC(C)OC(=O)c1ccc(NC(=O)CC[C@@H]2Cc3ccccc3NC2=O)cc1. The van der Waals surface area contributed by atoms with E-state index in [1.165, 1.54) is 0 Å². The molecule has 146 valence electrons. The van der Waals surface area contributed by atoms with Gasteiger partial charge < -0.3 is 15.4 Å². The molecular weight excluding hydrogens is 356 g/mol. The number of hydrogen-bond donors (Lipinski definition) is 2. The van der Waals surface area contributed by atoms with Gasteiger partial charge in [0.05, 0.1) is 11.7 Å². The largest absolute Gasteiger partial charge is 0.459 e. The number of amides is 2. The number of ether oxygens (including phenoxy) is 1. The number of carbonyl (C=O) groups excluding carboxylic acids is 3. The molecular formula is C22H24N2O4. The van der Waals surface area contributed by atoms with E-state index in [2.05, 4.69) is 10.6 Å². The number of rotatable bonds is 6. The van der Waals surface area contributed by atoms with Gasteiger partial charge in [0, 0.05) is 23.7 Å². The van der Waals surface area contributed by atoms with Crippen LogP contribution in [0.4, 0.5) is 11.4 Å². The van der Waals surface area contributed by atoms with Gasteiger partial charge in [0.25, 0.3) is 0 Å². The highest BCUT2D eigenvalue weighted by Crippen LogP contribution is 2.27. The molecule has 0 saturated carbocycles. The van der Waals surface area contributed by atoms with Gasteiger partial charge in [-0.1, -0.05) is 18.2 Å². The van der Waals surface area contributed by atoms with Crippen LogP contribution in [0.25, 0.3) is 0 Å². The third kappa shape index (κ3) is 4.97. The molecule has 3 rings (SSSR count). The second kappa shape index (κ2) is 8.69. The van der Waals surface area contributed by atoms with E-state index in [9.17, 15) is 14.4 Å². The Bertz CT molecular complexity index is 874. The maximum atomic E-state index is 12.2. The van der Waals surface area contributed by atoms with E-state index in [0.717, 1.165) is 11.3 Å². The summed E-state index contributed by atoms with van der Waals surface area (Å²) in [5.41, 5.74) is 2.98. The molecule has 2 amide bonds. The third-order valence-corrected chi connectivity index (χ3v) is 4.58. The number of para-hydroxylation sites is 1. The van der Waals surface area contributed by atoms with Crippen molar-refractivity contribution in [3.05, 3.63) is 59.7 Å². The highest BCUT2D eigenvalue weighted by Gasteiger charge is 2.26. The van der Waals surface area contributed by atoms with Crippen molar-refractivity contribution in [2.75, 3.05) is 10.6 Å². The number of hydrogen-bond acceptors (Lipinski definition) is 4. The lowest BCUT2D eigenvalue weighted by Crippen LogP contribution is -2.30. The summed E-state index contributed by atoms with van der Waals surface area (Å²) >= 11 is 0. The first-order valence-electron chi connectivity index (χ1n) is 9.42. The van der Waals surface area contributed by atoms with Crippen LogP contribution in [0.1, 0.15) is 42.6 Å². The molecule has 0 spiro atoms. The summed E-state index contributed by atoms with van der Waals surface area (Å²) in [6, 6.07) is 14.3. The molecule has 0 fully saturated rings. The first-order chi connectivity index (χ1) is 13.4. The first kappa shape index (κ1) is 19.6. The third-order valence-electron chi connectivity index (χ3n) is 4.58. The van der Waals surface area contributed by atoms with Crippen LogP contribution >= 0.6 is 0 Å². The van der Waals surface area contributed by atoms with Crippen LogP contribution in [-0.4, -0.2) is 23.9 Å². The molecule has 1 heterocycles. The molecule has 0 aliphatic carbocycles. The van der Waals surface area contributed by atoms with E-state index >= 15 is 0 Å². The fraction of sp³-hybridized carbons (Fsp3) is 0.318. The quantitative estimate of drug-likeness (QED) is 0.747. The molecule has 2 aromatic carbocycles. The van der Waals surface area contributed by atoms with Gasteiger partial charge >= 0.3 is 5.97 Å². The van der Waals surface area contributed by atoms with E-state index < -0.39 is 5.97 Å². The van der Waals surface area contributed by atoms with Crippen molar-refractivity contribution >= 4 is 29.2 Å². The molecule has 2 N–H and O–H groups in total. The number of nitrogens with one attached hydrogen (secondary N) is 2. The summed E-state index contributed by atoms with van der Waals surface area (Å²) in [6.07, 6.45) is 1.18. The Morgan fingerprint density at radius 1 is 1.14 bits per heavy atom. The minimum Gasteiger partial charge on any atom is -0.459 e. The van der Waals surface area contributed by atoms with Crippen LogP contribution in [0.5, 0.6) is 0 Å². The molecule has 0 unspecified atom stereocenters. The number of carbonyl (C=O) groups is 3. The van der Waals surface area contributed by atoms with Crippen LogP contribution in [-0.2, 0) is 20.7 Å². The molecule has 0 bridgehead atoms. The highest BCUT2D eigenvalue weighted by molar-refractivity contribution is 5.97. The Kier molecular flexibility index (Phi) is 6.09. The Balaban J connectivity index is 1.51. The molecule has 2 aromatic rings. The van der Waals surface area contributed by atoms with Crippen molar-refractivity contribution in [2.24, 2.45) is 5.92 Å². The van der Waals surface area contributed by atoms with E-state index in [1.807, 2.05) is 24.3 Å². The van der Waals surface area contributed by atoms with Crippen molar-refractivity contribution in [3.8, 4) is 0 Å². The number of anilines is 2. The molecule has 28 heavy (non-hydrogen) atoms. The molecule has 6 heteroatoms. The van der Waals surface area contributed by atoms with Gasteiger partial charge in [0.1, 0.15) is 0 Å². The number of fused-ring (bicyclic) bond motifs is 1. The van der Waals surface area contributed by atoms with Gasteiger partial charge in [0.15, 0.2) is 0 Å². The van der Waals surface area contributed by atoms with E-state index in [4.69, 9.17) is 4.74 Å². The van der Waals surface area contributed by atoms with Crippen LogP contribution < -0.4 is 10.6 Å². The smallest absolute Gasteiger partial charge is 0.338 e. The topological polar surface area (TPSA) is 84.5 Å². The molecule has 0 radical (unpaired) electrons. The summed E-state index contributed by atoms with van der Waals surface area (Å²) in [6.45, 7) is 3.58. The van der Waals surface area contributed by atoms with Crippen LogP contribution in [0, 0.1) is 5.92 Å². The minimum atomic E-state index is -0.392. The number of esters is 1. The van der Waals surface area contributed by atoms with E-state index in [0.29, 0.717) is 24.1 Å². The van der Waals surface area contributed by atoms with Gasteiger partial charge in [-0.25, -0.2) is 4.79 Å². The predicted octanol–water partition coefficient (Wildman–Crippen LogP) is 3.78. The van der Waals surface area contributed by atoms with Gasteiger partial charge in [0.2, 0.25) is 11.8 Å². The van der Waals surface area contributed by atoms with E-state index in [1.54, 1.807) is 38.1 Å². The monoisotopic (exact) mass is 380 g/mol. The Hall–Kier alpha value is -3.15. The zero-order valence-corrected chi connectivity index (χ0v) is 16.0. The summed E-state index contributed by atoms with van der Waals surface area (Å²) in [4.78, 5) is 36.3. The average Bonchev–Trinajstić information content (AvgIpc) is 2.66. The fourth-order valence-corrected chi connectivity index (χ4v) is 3.15. The lowest BCUT2D eigenvalue weighted by Gasteiger charge is -2.24. The highest BCUT2D eigenvalue weighted by atomic mass is 16.5. The lowest BCUT2D eigenvalue weighted by atomic mass is 9.89. The second-order valence-corrected chi connectivity index (χ2v) is 7.17. The summed E-state index contributed by atoms with van der Waals surface area (Å²) in [7, 11) is 0. The number of benzene rings is 2. The minimum absolute atomic E-state index is 0.0421. The zero-order chi connectivity index (χ0) is 20.1. The average molecular weight is 380 g/mol. The van der Waals surface area contributed by atoms with Crippen molar-refractivity contribution in [2.45, 2.75) is 39.2 Å². The molecule has 1 aliphatic heterocycles. The van der Waals surface area contributed by atoms with Crippen LogP contribution in [0.3, 0.4) is 0 Å². The van der Waals surface area contributed by atoms with Gasteiger partial charge in [-0.15, -0.1) is 0 Å². The molecule has 0 aromatic heterocycles. The van der Waals surface area contributed by atoms with Crippen molar-refractivity contribution in [1.29, 1.82) is 0 Å². The molecule has 1 aliphatic rings. The summed E-state index contributed by atoms with van der Waals surface area (Å²) in [5, 5.41) is 5.70. The van der Waals surface area contributed by atoms with Gasteiger partial charge in [-0.2, -0.15) is 0 Å². The van der Waals surface area contributed by atoms with Crippen LogP contribution in [0.2, 0.25) is 0 Å². The maximum Gasteiger partial charge on any atom is 0.338 e. The predicted molar refractivity (Wildman–Crippen MR) is 107 cm³/mol. The Morgan fingerprint density at radius 3 is 2.57 bits per heavy atom. The van der Waals surface area contributed by atoms with Crippen molar-refractivity contribution < 1.29 is 19.1 Å². The van der Waals surface area contributed by atoms with Gasteiger partial charge in [-0.05, 0) is 62.6 Å². The normalized spacial score (nSPS) is 15.5. The molecule has 6 nitrogen and oxygen atoms in total. The van der Waals surface area contributed by atoms with Gasteiger partial charge in [-0.3, -0.25) is 9.59 Å². The molecule has 0 saturated heterocycles. The van der Waals surface area contributed by atoms with E-state index in [-0.39, 0.29) is 30.3 Å². The molecule has 1 atom stereocenters. The van der Waals surface area contributed by atoms with Crippen molar-refractivity contribution in [1.82, 2.24) is 0 Å². The standard InChI is InChI=1S/C22H24N2O4/c1-14(2)28-22(27)15-7-10-18(11-8-15)23-20(25)12-9-17-13-16-5-3-4-6-19(16)24-21(17)26/h3-8,10-11,14,17H,9,12-13H2,1-2H3,(H,23,25)(H,24,26)/t17-/m1/s1. The summed E-state index contributed by atoms with van der Waals surface area (Å²) in [5.74, 6) is -0.811. The second-order valence-electron chi connectivity index (χ2n) is 7.17. The lowest BCUT2D eigenvalue weighted by molar-refractivity contribution is -0.121. The first-order valence-corrected chi connectivity index (χ1v) is 9.42.